The van der Waals surface area contributed by atoms with Crippen LogP contribution < -0.4 is 0 Å². The monoisotopic (exact) mass is 284 g/mol. The van der Waals surface area contributed by atoms with Crippen LogP contribution in [0.3, 0.4) is 0 Å². The molecule has 0 unspecified atom stereocenters. The summed E-state index contributed by atoms with van der Waals surface area (Å²) in [6.07, 6.45) is 2.83. The first-order valence-corrected chi connectivity index (χ1v) is 7.96. The van der Waals surface area contributed by atoms with Gasteiger partial charge in [-0.05, 0) is 23.6 Å². The minimum atomic E-state index is -3.40. The second-order valence-electron chi connectivity index (χ2n) is 4.52. The molecule has 0 fully saturated rings. The van der Waals surface area contributed by atoms with Crippen LogP contribution in [0.4, 0.5) is 0 Å². The molecule has 0 N–H and O–H groups in total. The quantitative estimate of drug-likeness (QED) is 0.726. The van der Waals surface area contributed by atoms with Crippen molar-refractivity contribution in [2.45, 2.75) is 5.03 Å². The van der Waals surface area contributed by atoms with E-state index in [1.807, 2.05) is 36.4 Å². The maximum atomic E-state index is 11.9. The molecule has 0 bridgehead atoms. The SMILES string of the molecule is CS(=O)(=O)c1nc(-c2ccccn2)cc2ccccc12. The van der Waals surface area contributed by atoms with E-state index in [1.165, 1.54) is 6.26 Å². The van der Waals surface area contributed by atoms with Crippen molar-refractivity contribution in [3.05, 3.63) is 54.7 Å². The second kappa shape index (κ2) is 4.68. The third-order valence-corrected chi connectivity index (χ3v) is 4.00. The predicted molar refractivity (Wildman–Crippen MR) is 78.1 cm³/mol. The van der Waals surface area contributed by atoms with Crippen LogP contribution in [-0.2, 0) is 9.84 Å². The number of rotatable bonds is 2. The Hall–Kier alpha value is -2.27. The highest BCUT2D eigenvalue weighted by Gasteiger charge is 2.16. The van der Waals surface area contributed by atoms with Crippen LogP contribution in [0.2, 0.25) is 0 Å². The van der Waals surface area contributed by atoms with Crippen LogP contribution in [0.1, 0.15) is 0 Å². The summed E-state index contributed by atoms with van der Waals surface area (Å²) in [6.45, 7) is 0. The maximum Gasteiger partial charge on any atom is 0.193 e. The molecular weight excluding hydrogens is 272 g/mol. The molecule has 0 atom stereocenters. The van der Waals surface area contributed by atoms with Crippen LogP contribution in [0.25, 0.3) is 22.2 Å². The molecule has 4 nitrogen and oxygen atoms in total. The molecule has 100 valence electrons. The zero-order valence-electron chi connectivity index (χ0n) is 10.8. The molecule has 3 aromatic rings. The van der Waals surface area contributed by atoms with E-state index in [9.17, 15) is 8.42 Å². The van der Waals surface area contributed by atoms with Crippen LogP contribution in [0.15, 0.2) is 59.8 Å². The van der Waals surface area contributed by atoms with Crippen molar-refractivity contribution >= 4 is 20.6 Å². The highest BCUT2D eigenvalue weighted by atomic mass is 32.2. The summed E-state index contributed by atoms with van der Waals surface area (Å²) in [5.74, 6) is 0. The molecule has 2 aromatic heterocycles. The largest absolute Gasteiger partial charge is 0.255 e. The van der Waals surface area contributed by atoms with Crippen molar-refractivity contribution in [3.63, 3.8) is 0 Å². The fourth-order valence-electron chi connectivity index (χ4n) is 2.09. The first-order valence-electron chi connectivity index (χ1n) is 6.07. The first kappa shape index (κ1) is 12.7. The molecule has 2 heterocycles. The van der Waals surface area contributed by atoms with E-state index in [-0.39, 0.29) is 5.03 Å². The van der Waals surface area contributed by atoms with Crippen molar-refractivity contribution in [3.8, 4) is 11.4 Å². The van der Waals surface area contributed by atoms with Gasteiger partial charge in [0.2, 0.25) is 0 Å². The number of aromatic nitrogens is 2. The van der Waals surface area contributed by atoms with Gasteiger partial charge in [0, 0.05) is 17.8 Å². The molecule has 0 saturated heterocycles. The van der Waals surface area contributed by atoms with E-state index >= 15 is 0 Å². The Balaban J connectivity index is 2.37. The molecule has 3 rings (SSSR count). The molecule has 0 aliphatic carbocycles. The van der Waals surface area contributed by atoms with E-state index in [1.54, 1.807) is 18.3 Å². The summed E-state index contributed by atoms with van der Waals surface area (Å²) in [5, 5.41) is 1.56. The van der Waals surface area contributed by atoms with E-state index in [4.69, 9.17) is 0 Å². The summed E-state index contributed by atoms with van der Waals surface area (Å²) in [6, 6.07) is 14.6. The fraction of sp³-hybridized carbons (Fsp3) is 0.0667. The van der Waals surface area contributed by atoms with E-state index in [0.717, 1.165) is 5.39 Å². The molecule has 0 amide bonds. The Bertz CT molecular complexity index is 875. The van der Waals surface area contributed by atoms with Crippen molar-refractivity contribution in [1.82, 2.24) is 9.97 Å². The lowest BCUT2D eigenvalue weighted by Gasteiger charge is -2.07. The summed E-state index contributed by atoms with van der Waals surface area (Å²) < 4.78 is 23.9. The minimum absolute atomic E-state index is 0.0938. The molecule has 0 radical (unpaired) electrons. The number of benzene rings is 1. The van der Waals surface area contributed by atoms with Gasteiger partial charge in [0.25, 0.3) is 0 Å². The smallest absolute Gasteiger partial charge is 0.193 e. The van der Waals surface area contributed by atoms with Gasteiger partial charge in [-0.25, -0.2) is 13.4 Å². The van der Waals surface area contributed by atoms with Crippen molar-refractivity contribution < 1.29 is 8.42 Å². The zero-order valence-corrected chi connectivity index (χ0v) is 11.6. The number of nitrogens with zero attached hydrogens (tertiary/aromatic N) is 2. The van der Waals surface area contributed by atoms with Gasteiger partial charge in [0.15, 0.2) is 14.9 Å². The van der Waals surface area contributed by atoms with E-state index in [0.29, 0.717) is 16.8 Å². The molecule has 0 spiro atoms. The van der Waals surface area contributed by atoms with Crippen molar-refractivity contribution in [2.75, 3.05) is 6.26 Å². The Labute approximate surface area is 117 Å². The summed E-state index contributed by atoms with van der Waals surface area (Å²) in [7, 11) is -3.40. The van der Waals surface area contributed by atoms with E-state index < -0.39 is 9.84 Å². The fourth-order valence-corrected chi connectivity index (χ4v) is 2.94. The van der Waals surface area contributed by atoms with Crippen LogP contribution in [0, 0.1) is 0 Å². The minimum Gasteiger partial charge on any atom is -0.255 e. The standard InChI is InChI=1S/C15H12N2O2S/c1-20(18,19)15-12-7-3-2-6-11(12)10-14(17-15)13-8-4-5-9-16-13/h2-10H,1H3. The average Bonchev–Trinajstić information content (AvgIpc) is 2.46. The van der Waals surface area contributed by atoms with E-state index in [2.05, 4.69) is 9.97 Å². The van der Waals surface area contributed by atoms with Crippen LogP contribution in [0.5, 0.6) is 0 Å². The first-order chi connectivity index (χ1) is 9.55. The lowest BCUT2D eigenvalue weighted by atomic mass is 10.1. The Morgan fingerprint density at radius 2 is 1.70 bits per heavy atom. The predicted octanol–water partition coefficient (Wildman–Crippen LogP) is 2.70. The Morgan fingerprint density at radius 1 is 0.950 bits per heavy atom. The van der Waals surface area contributed by atoms with Gasteiger partial charge in [-0.3, -0.25) is 4.98 Å². The third kappa shape index (κ3) is 2.28. The third-order valence-electron chi connectivity index (χ3n) is 2.98. The topological polar surface area (TPSA) is 59.9 Å². The number of pyridine rings is 2. The van der Waals surface area contributed by atoms with Gasteiger partial charge in [-0.1, -0.05) is 30.3 Å². The molecule has 1 aromatic carbocycles. The highest BCUT2D eigenvalue weighted by Crippen LogP contribution is 2.26. The number of hydrogen-bond acceptors (Lipinski definition) is 4. The van der Waals surface area contributed by atoms with Gasteiger partial charge in [-0.2, -0.15) is 0 Å². The summed E-state index contributed by atoms with van der Waals surface area (Å²) in [5.41, 5.74) is 1.22. The number of hydrogen-bond donors (Lipinski definition) is 0. The zero-order chi connectivity index (χ0) is 14.2. The van der Waals surface area contributed by atoms with Crippen LogP contribution >= 0.6 is 0 Å². The van der Waals surface area contributed by atoms with Gasteiger partial charge in [0.05, 0.1) is 11.4 Å². The second-order valence-corrected chi connectivity index (χ2v) is 6.45. The normalized spacial score (nSPS) is 11.7. The van der Waals surface area contributed by atoms with Crippen molar-refractivity contribution in [2.24, 2.45) is 0 Å². The van der Waals surface area contributed by atoms with Gasteiger partial charge >= 0.3 is 0 Å². The maximum absolute atomic E-state index is 11.9. The Morgan fingerprint density at radius 3 is 2.40 bits per heavy atom. The van der Waals surface area contributed by atoms with Gasteiger partial charge < -0.3 is 0 Å². The molecule has 0 aliphatic heterocycles. The summed E-state index contributed by atoms with van der Waals surface area (Å²) >= 11 is 0. The van der Waals surface area contributed by atoms with Gasteiger partial charge in [0.1, 0.15) is 0 Å². The molecule has 0 saturated carbocycles. The average molecular weight is 284 g/mol. The molecule has 20 heavy (non-hydrogen) atoms. The van der Waals surface area contributed by atoms with Crippen LogP contribution in [-0.4, -0.2) is 24.6 Å². The Kier molecular flexibility index (Phi) is 2.99. The lowest BCUT2D eigenvalue weighted by molar-refractivity contribution is 0.599. The highest BCUT2D eigenvalue weighted by molar-refractivity contribution is 7.90. The molecule has 5 heteroatoms. The molecular formula is C15H12N2O2S. The summed E-state index contributed by atoms with van der Waals surface area (Å²) in [4.78, 5) is 8.51. The van der Waals surface area contributed by atoms with Gasteiger partial charge in [-0.15, -0.1) is 0 Å². The molecule has 0 aliphatic rings. The number of sulfone groups is 1. The number of fused-ring (bicyclic) bond motifs is 1. The lowest BCUT2D eigenvalue weighted by Crippen LogP contribution is -2.03. The van der Waals surface area contributed by atoms with Crippen molar-refractivity contribution in [1.29, 1.82) is 0 Å².